The van der Waals surface area contributed by atoms with Crippen LogP contribution in [0.25, 0.3) is 0 Å². The number of fused-ring (bicyclic) bond motifs is 3. The third-order valence-corrected chi connectivity index (χ3v) is 10.5. The molecule has 3 heterocycles. The minimum atomic E-state index is -0.534. The smallest absolute Gasteiger partial charge is 0.339 e. The van der Waals surface area contributed by atoms with Crippen molar-refractivity contribution in [3.05, 3.63) is 36.3 Å². The Morgan fingerprint density at radius 1 is 0.935 bits per heavy atom. The van der Waals surface area contributed by atoms with Crippen LogP contribution in [-0.2, 0) is 19.1 Å². The van der Waals surface area contributed by atoms with E-state index in [2.05, 4.69) is 40.7 Å². The number of ether oxygens (including phenoxy) is 2. The number of hydrogen-bond donors (Lipinski definition) is 0. The van der Waals surface area contributed by atoms with Crippen molar-refractivity contribution in [3.63, 3.8) is 0 Å². The van der Waals surface area contributed by atoms with Crippen LogP contribution in [-0.4, -0.2) is 23.5 Å². The molecule has 0 amide bonds. The van der Waals surface area contributed by atoms with E-state index in [4.69, 9.17) is 13.9 Å². The number of carbonyl (C=O) groups is 2. The van der Waals surface area contributed by atoms with E-state index in [1.54, 1.807) is 12.5 Å². The van der Waals surface area contributed by atoms with E-state index < -0.39 is 11.7 Å². The summed E-state index contributed by atoms with van der Waals surface area (Å²) >= 11 is 0. The Bertz CT molecular complexity index is 1010. The second-order valence-electron chi connectivity index (χ2n) is 11.9. The van der Waals surface area contributed by atoms with Crippen molar-refractivity contribution >= 4 is 11.8 Å². The zero-order valence-corrected chi connectivity index (χ0v) is 19.1. The quantitative estimate of drug-likeness (QED) is 0.468. The lowest BCUT2D eigenvalue weighted by atomic mass is 9.36. The average molecular weight is 425 g/mol. The van der Waals surface area contributed by atoms with Gasteiger partial charge < -0.3 is 13.9 Å². The molecule has 8 atom stereocenters. The number of furan rings is 1. The van der Waals surface area contributed by atoms with E-state index in [1.165, 1.54) is 0 Å². The molecule has 1 aromatic heterocycles. The third-order valence-electron chi connectivity index (χ3n) is 10.5. The molecule has 31 heavy (non-hydrogen) atoms. The summed E-state index contributed by atoms with van der Waals surface area (Å²) in [5.74, 6) is 0.636. The van der Waals surface area contributed by atoms with Crippen LogP contribution in [0.4, 0.5) is 0 Å². The third kappa shape index (κ3) is 1.99. The van der Waals surface area contributed by atoms with Crippen LogP contribution in [0.5, 0.6) is 0 Å². The summed E-state index contributed by atoms with van der Waals surface area (Å²) in [5, 5.41) is 0. The predicted octanol–water partition coefficient (Wildman–Crippen LogP) is 5.02. The molecule has 5 aliphatic rings. The second-order valence-corrected chi connectivity index (χ2v) is 11.9. The first-order valence-electron chi connectivity index (χ1n) is 11.7. The summed E-state index contributed by atoms with van der Waals surface area (Å²) in [6.07, 6.45) is 10.4. The molecule has 0 N–H and O–H groups in total. The molecule has 3 aliphatic carbocycles. The molecule has 5 heteroatoms. The molecule has 5 nitrogen and oxygen atoms in total. The maximum absolute atomic E-state index is 13.0. The molecule has 0 radical (unpaired) electrons. The monoisotopic (exact) mass is 424 g/mol. The lowest BCUT2D eigenvalue weighted by Crippen LogP contribution is -2.68. The largest absolute Gasteiger partial charge is 0.472 e. The van der Waals surface area contributed by atoms with Gasteiger partial charge in [0.05, 0.1) is 12.5 Å². The van der Waals surface area contributed by atoms with Gasteiger partial charge >= 0.3 is 5.97 Å². The van der Waals surface area contributed by atoms with Gasteiger partial charge in [-0.1, -0.05) is 40.7 Å². The molecule has 0 aromatic carbocycles. The van der Waals surface area contributed by atoms with Gasteiger partial charge in [0.1, 0.15) is 11.7 Å². The molecule has 2 saturated heterocycles. The van der Waals surface area contributed by atoms with Crippen molar-refractivity contribution in [2.45, 2.75) is 78.1 Å². The molecular weight excluding hydrogens is 392 g/mol. The van der Waals surface area contributed by atoms with Crippen LogP contribution >= 0.6 is 0 Å². The molecule has 2 unspecified atom stereocenters. The zero-order valence-electron chi connectivity index (χ0n) is 19.1. The summed E-state index contributed by atoms with van der Waals surface area (Å²) in [6, 6.07) is 1.91. The van der Waals surface area contributed by atoms with Gasteiger partial charge in [0, 0.05) is 21.8 Å². The predicted molar refractivity (Wildman–Crippen MR) is 113 cm³/mol. The van der Waals surface area contributed by atoms with Crippen LogP contribution in [0.15, 0.2) is 35.2 Å². The van der Waals surface area contributed by atoms with Crippen molar-refractivity contribution < 1.29 is 23.5 Å². The Kier molecular flexibility index (Phi) is 3.53. The highest BCUT2D eigenvalue weighted by atomic mass is 16.7. The molecular formula is C26H32O5. The summed E-state index contributed by atoms with van der Waals surface area (Å²) in [7, 11) is 0. The number of allylic oxidation sites excluding steroid dienone is 2. The minimum Gasteiger partial charge on any atom is -0.472 e. The van der Waals surface area contributed by atoms with Gasteiger partial charge in [0.2, 0.25) is 0 Å². The number of rotatable bonds is 1. The normalized spacial score (nSPS) is 51.8. The standard InChI is InChI=1S/C26H32O5/c1-22(2)16-6-11-24(4)17(23(16,3)10-8-18(22)27)7-12-25(5)19(15-9-13-29-14-15)30-21(28)20-26(24,25)31-20/h8-10,13-14,16-17,19-20H,6-7,11-12H2,1-5H3/t16?,17?,19-,20+,23-,24+,25-,26-/m0/s1. The van der Waals surface area contributed by atoms with E-state index in [0.717, 1.165) is 31.2 Å². The first-order chi connectivity index (χ1) is 14.5. The van der Waals surface area contributed by atoms with Crippen molar-refractivity contribution in [1.29, 1.82) is 0 Å². The maximum Gasteiger partial charge on any atom is 0.339 e. The van der Waals surface area contributed by atoms with Crippen LogP contribution in [0.1, 0.15) is 72.0 Å². The molecule has 0 bridgehead atoms. The summed E-state index contributed by atoms with van der Waals surface area (Å²) in [4.78, 5) is 25.8. The van der Waals surface area contributed by atoms with Crippen LogP contribution in [0.2, 0.25) is 0 Å². The van der Waals surface area contributed by atoms with E-state index >= 15 is 0 Å². The highest BCUT2D eigenvalue weighted by Crippen LogP contribution is 2.79. The number of hydrogen-bond acceptors (Lipinski definition) is 5. The first kappa shape index (κ1) is 19.8. The maximum atomic E-state index is 13.0. The number of cyclic esters (lactones) is 1. The van der Waals surface area contributed by atoms with E-state index in [0.29, 0.717) is 11.8 Å². The van der Waals surface area contributed by atoms with Gasteiger partial charge in [-0.25, -0.2) is 4.79 Å². The summed E-state index contributed by atoms with van der Waals surface area (Å²) in [5.41, 5.74) is -0.559. The zero-order chi connectivity index (χ0) is 22.0. The lowest BCUT2D eigenvalue weighted by molar-refractivity contribution is -0.214. The molecule has 2 saturated carbocycles. The summed E-state index contributed by atoms with van der Waals surface area (Å²) in [6.45, 7) is 11.2. The van der Waals surface area contributed by atoms with Gasteiger partial charge in [-0.05, 0) is 55.1 Å². The number of carbonyl (C=O) groups excluding carboxylic acids is 2. The van der Waals surface area contributed by atoms with Crippen molar-refractivity contribution in [1.82, 2.24) is 0 Å². The minimum absolute atomic E-state index is 0.0938. The highest BCUT2D eigenvalue weighted by Gasteiger charge is 2.86. The van der Waals surface area contributed by atoms with Crippen molar-refractivity contribution in [2.24, 2.45) is 33.5 Å². The lowest BCUT2D eigenvalue weighted by Gasteiger charge is -2.67. The highest BCUT2D eigenvalue weighted by molar-refractivity contribution is 5.95. The van der Waals surface area contributed by atoms with Gasteiger partial charge in [-0.2, -0.15) is 0 Å². The second kappa shape index (κ2) is 5.54. The van der Waals surface area contributed by atoms with E-state index in [1.807, 2.05) is 12.1 Å². The van der Waals surface area contributed by atoms with Gasteiger partial charge in [0.25, 0.3) is 0 Å². The first-order valence-corrected chi connectivity index (χ1v) is 11.7. The van der Waals surface area contributed by atoms with Crippen LogP contribution < -0.4 is 0 Å². The number of ketones is 1. The van der Waals surface area contributed by atoms with Crippen molar-refractivity contribution in [3.8, 4) is 0 Å². The van der Waals surface area contributed by atoms with Gasteiger partial charge in [0.15, 0.2) is 11.9 Å². The molecule has 2 aliphatic heterocycles. The average Bonchev–Trinajstić information content (AvgIpc) is 3.28. The fourth-order valence-electron chi connectivity index (χ4n) is 8.96. The Labute approximate surface area is 183 Å². The molecule has 1 spiro atoms. The van der Waals surface area contributed by atoms with Gasteiger partial charge in [-0.3, -0.25) is 4.79 Å². The Morgan fingerprint density at radius 3 is 2.35 bits per heavy atom. The molecule has 166 valence electrons. The van der Waals surface area contributed by atoms with Gasteiger partial charge in [-0.15, -0.1) is 0 Å². The number of epoxide rings is 1. The Morgan fingerprint density at radius 2 is 1.65 bits per heavy atom. The molecule has 6 rings (SSSR count). The van der Waals surface area contributed by atoms with E-state index in [9.17, 15) is 9.59 Å². The Hall–Kier alpha value is -1.88. The van der Waals surface area contributed by atoms with E-state index in [-0.39, 0.29) is 39.5 Å². The van der Waals surface area contributed by atoms with Crippen LogP contribution in [0.3, 0.4) is 0 Å². The summed E-state index contributed by atoms with van der Waals surface area (Å²) < 4.78 is 17.8. The molecule has 1 aromatic rings. The van der Waals surface area contributed by atoms with Crippen molar-refractivity contribution in [2.75, 3.05) is 0 Å². The Balaban J connectivity index is 1.49. The van der Waals surface area contributed by atoms with Crippen LogP contribution in [0, 0.1) is 33.5 Å². The fraction of sp³-hybridized carbons (Fsp3) is 0.692. The SMILES string of the molecule is CC1(C)C(=O)C=C[C@@]2(C)C1CC[C@]1(C)C2CC[C@@]2(C)[C@H](c3ccoc3)OC(=O)[C@H]3O[C@]321. The topological polar surface area (TPSA) is 69.0 Å². The molecule has 4 fully saturated rings. The fourth-order valence-corrected chi connectivity index (χ4v) is 8.96. The number of esters is 1.